The van der Waals surface area contributed by atoms with E-state index >= 15 is 0 Å². The highest BCUT2D eigenvalue weighted by molar-refractivity contribution is 4.81. The van der Waals surface area contributed by atoms with Gasteiger partial charge in [0.2, 0.25) is 0 Å². The van der Waals surface area contributed by atoms with Crippen LogP contribution in [0.1, 0.15) is 85.0 Å². The molecule has 1 fully saturated rings. The first-order chi connectivity index (χ1) is 9.31. The van der Waals surface area contributed by atoms with E-state index in [1.54, 1.807) is 0 Å². The molecule has 0 radical (unpaired) electrons. The van der Waals surface area contributed by atoms with Crippen molar-refractivity contribution in [1.29, 1.82) is 0 Å². The molecule has 0 aromatic rings. The average molecular weight is 268 g/mol. The van der Waals surface area contributed by atoms with Crippen LogP contribution in [0, 0.1) is 17.8 Å². The predicted molar refractivity (Wildman–Crippen MR) is 86.5 cm³/mol. The van der Waals surface area contributed by atoms with E-state index in [1.165, 1.54) is 70.8 Å². The maximum atomic E-state index is 3.60. The second-order valence-electron chi connectivity index (χ2n) is 6.64. The minimum atomic E-state index is 0.967. The van der Waals surface area contributed by atoms with E-state index in [1.807, 2.05) is 0 Å². The van der Waals surface area contributed by atoms with E-state index in [-0.39, 0.29) is 0 Å². The summed E-state index contributed by atoms with van der Waals surface area (Å²) in [5.41, 5.74) is 0. The Morgan fingerprint density at radius 2 is 1.68 bits per heavy atom. The Hall–Kier alpha value is -0.0400. The fourth-order valence-corrected chi connectivity index (χ4v) is 3.88. The molecule has 0 aromatic heterocycles. The Labute approximate surface area is 121 Å². The molecule has 19 heavy (non-hydrogen) atoms. The molecule has 0 spiro atoms. The largest absolute Gasteiger partial charge is 0.317 e. The second-order valence-corrected chi connectivity index (χ2v) is 6.64. The van der Waals surface area contributed by atoms with E-state index in [9.17, 15) is 0 Å². The van der Waals surface area contributed by atoms with Crippen LogP contribution in [0.3, 0.4) is 0 Å². The lowest BCUT2D eigenvalue weighted by molar-refractivity contribution is 0.157. The van der Waals surface area contributed by atoms with Gasteiger partial charge >= 0.3 is 0 Å². The molecule has 1 nitrogen and oxygen atoms in total. The Morgan fingerprint density at radius 3 is 2.37 bits per heavy atom. The number of hydrogen-bond acceptors (Lipinski definition) is 1. The van der Waals surface area contributed by atoms with E-state index in [2.05, 4.69) is 26.1 Å². The maximum Gasteiger partial charge on any atom is -0.00180 e. The molecular weight excluding hydrogens is 230 g/mol. The monoisotopic (exact) mass is 267 g/mol. The van der Waals surface area contributed by atoms with Gasteiger partial charge in [0.15, 0.2) is 0 Å². The van der Waals surface area contributed by atoms with Crippen molar-refractivity contribution in [3.8, 4) is 0 Å². The van der Waals surface area contributed by atoms with Crippen molar-refractivity contribution in [3.63, 3.8) is 0 Å². The average Bonchev–Trinajstić information content (AvgIpc) is 2.43. The summed E-state index contributed by atoms with van der Waals surface area (Å²) in [7, 11) is 0. The quantitative estimate of drug-likeness (QED) is 0.523. The molecule has 1 saturated carbocycles. The summed E-state index contributed by atoms with van der Waals surface area (Å²) in [6.07, 6.45) is 14.6. The second kappa shape index (κ2) is 10.7. The van der Waals surface area contributed by atoms with Gasteiger partial charge in [-0.3, -0.25) is 0 Å². The molecule has 0 aliphatic heterocycles. The summed E-state index contributed by atoms with van der Waals surface area (Å²) < 4.78 is 0. The van der Waals surface area contributed by atoms with Gasteiger partial charge in [0.1, 0.15) is 0 Å². The molecule has 1 aliphatic carbocycles. The minimum Gasteiger partial charge on any atom is -0.317 e. The van der Waals surface area contributed by atoms with Crippen LogP contribution in [-0.4, -0.2) is 13.1 Å². The Bertz CT molecular complexity index is 202. The molecule has 114 valence electrons. The molecule has 0 heterocycles. The van der Waals surface area contributed by atoms with Gasteiger partial charge in [-0.1, -0.05) is 72.1 Å². The third-order valence-electron chi connectivity index (χ3n) is 5.03. The first kappa shape index (κ1) is 17.0. The topological polar surface area (TPSA) is 12.0 Å². The van der Waals surface area contributed by atoms with Crippen LogP contribution >= 0.6 is 0 Å². The fraction of sp³-hybridized carbons (Fsp3) is 1.00. The van der Waals surface area contributed by atoms with Crippen molar-refractivity contribution in [2.24, 2.45) is 17.8 Å². The zero-order valence-corrected chi connectivity index (χ0v) is 13.7. The van der Waals surface area contributed by atoms with Crippen molar-refractivity contribution >= 4 is 0 Å². The summed E-state index contributed by atoms with van der Waals surface area (Å²) in [4.78, 5) is 0. The van der Waals surface area contributed by atoms with Crippen LogP contribution in [0.5, 0.6) is 0 Å². The van der Waals surface area contributed by atoms with Crippen LogP contribution in [0.4, 0.5) is 0 Å². The van der Waals surface area contributed by atoms with Crippen LogP contribution < -0.4 is 5.32 Å². The lowest BCUT2D eigenvalue weighted by Gasteiger charge is -2.36. The lowest BCUT2D eigenvalue weighted by atomic mass is 9.71. The van der Waals surface area contributed by atoms with Crippen LogP contribution in [0.25, 0.3) is 0 Å². The van der Waals surface area contributed by atoms with Crippen molar-refractivity contribution in [1.82, 2.24) is 5.32 Å². The van der Waals surface area contributed by atoms with Crippen LogP contribution in [0.2, 0.25) is 0 Å². The van der Waals surface area contributed by atoms with Gasteiger partial charge in [0.05, 0.1) is 0 Å². The van der Waals surface area contributed by atoms with Gasteiger partial charge in [-0.05, 0) is 43.7 Å². The molecule has 1 rings (SSSR count). The molecule has 3 atom stereocenters. The smallest absolute Gasteiger partial charge is 0.00180 e. The van der Waals surface area contributed by atoms with Gasteiger partial charge in [-0.15, -0.1) is 0 Å². The fourth-order valence-electron chi connectivity index (χ4n) is 3.88. The number of hydrogen-bond donors (Lipinski definition) is 1. The van der Waals surface area contributed by atoms with Crippen molar-refractivity contribution in [2.75, 3.05) is 13.1 Å². The van der Waals surface area contributed by atoms with Gasteiger partial charge in [-0.25, -0.2) is 0 Å². The molecule has 3 unspecified atom stereocenters. The molecule has 0 saturated heterocycles. The lowest BCUT2D eigenvalue weighted by Crippen LogP contribution is -2.33. The Morgan fingerprint density at radius 1 is 0.842 bits per heavy atom. The van der Waals surface area contributed by atoms with Gasteiger partial charge in [0, 0.05) is 0 Å². The maximum absolute atomic E-state index is 3.60. The van der Waals surface area contributed by atoms with E-state index < -0.39 is 0 Å². The van der Waals surface area contributed by atoms with Crippen LogP contribution in [0.15, 0.2) is 0 Å². The third-order valence-corrected chi connectivity index (χ3v) is 5.03. The van der Waals surface area contributed by atoms with Gasteiger partial charge in [-0.2, -0.15) is 0 Å². The summed E-state index contributed by atoms with van der Waals surface area (Å²) in [6, 6.07) is 0. The van der Waals surface area contributed by atoms with E-state index in [0.717, 1.165) is 24.3 Å². The number of rotatable bonds is 10. The highest BCUT2D eigenvalue weighted by Gasteiger charge is 2.29. The first-order valence-electron chi connectivity index (χ1n) is 9.02. The molecule has 0 aromatic carbocycles. The normalized spacial score (nSPS) is 27.6. The summed E-state index contributed by atoms with van der Waals surface area (Å²) in [6.45, 7) is 9.30. The summed E-state index contributed by atoms with van der Waals surface area (Å²) in [5, 5.41) is 3.60. The summed E-state index contributed by atoms with van der Waals surface area (Å²) >= 11 is 0. The predicted octanol–water partition coefficient (Wildman–Crippen LogP) is 5.40. The van der Waals surface area contributed by atoms with E-state index in [0.29, 0.717) is 0 Å². The minimum absolute atomic E-state index is 0.967. The zero-order valence-electron chi connectivity index (χ0n) is 13.7. The molecule has 0 bridgehead atoms. The van der Waals surface area contributed by atoms with Crippen molar-refractivity contribution in [3.05, 3.63) is 0 Å². The highest BCUT2D eigenvalue weighted by Crippen LogP contribution is 2.38. The summed E-state index contributed by atoms with van der Waals surface area (Å²) in [5.74, 6) is 3.02. The Kier molecular flexibility index (Phi) is 9.59. The molecular formula is C18H37N. The van der Waals surface area contributed by atoms with E-state index in [4.69, 9.17) is 0 Å². The molecule has 1 aliphatic rings. The SMILES string of the molecule is CCCCCCC1CC(CCC)CCC1CNCC. The molecule has 1 heteroatoms. The number of nitrogens with one attached hydrogen (secondary N) is 1. The highest BCUT2D eigenvalue weighted by atomic mass is 14.8. The number of unbranched alkanes of at least 4 members (excludes halogenated alkanes) is 3. The first-order valence-corrected chi connectivity index (χ1v) is 9.02. The Balaban J connectivity index is 2.35. The zero-order chi connectivity index (χ0) is 13.9. The molecule has 0 amide bonds. The van der Waals surface area contributed by atoms with Gasteiger partial charge in [0.25, 0.3) is 0 Å². The molecule has 1 N–H and O–H groups in total. The van der Waals surface area contributed by atoms with Crippen LogP contribution in [-0.2, 0) is 0 Å². The van der Waals surface area contributed by atoms with Crippen molar-refractivity contribution in [2.45, 2.75) is 85.0 Å². The van der Waals surface area contributed by atoms with Crippen molar-refractivity contribution < 1.29 is 0 Å². The van der Waals surface area contributed by atoms with Gasteiger partial charge < -0.3 is 5.32 Å². The standard InChI is InChI=1S/C18H37N/c1-4-7-8-9-11-17-14-16(10-5-2)12-13-18(17)15-19-6-3/h16-19H,4-15H2,1-3H3. The third kappa shape index (κ3) is 6.79.